The predicted octanol–water partition coefficient (Wildman–Crippen LogP) is 13.6. The molecule has 10 rings (SSSR count). The van der Waals surface area contributed by atoms with Crippen LogP contribution in [0, 0.1) is 0 Å². The molecular formula is C48H30. The molecule has 0 aliphatic carbocycles. The van der Waals surface area contributed by atoms with Gasteiger partial charge in [-0.05, 0) is 128 Å². The predicted molar refractivity (Wildman–Crippen MR) is 208 cm³/mol. The summed E-state index contributed by atoms with van der Waals surface area (Å²) in [4.78, 5) is 0. The van der Waals surface area contributed by atoms with Crippen molar-refractivity contribution in [3.8, 4) is 33.4 Å². The van der Waals surface area contributed by atoms with Crippen molar-refractivity contribution in [1.29, 1.82) is 0 Å². The summed E-state index contributed by atoms with van der Waals surface area (Å²) in [5, 5.41) is 15.2. The summed E-state index contributed by atoms with van der Waals surface area (Å²) >= 11 is 0. The van der Waals surface area contributed by atoms with E-state index in [2.05, 4.69) is 182 Å². The average Bonchev–Trinajstić information content (AvgIpc) is 3.16. The van der Waals surface area contributed by atoms with Gasteiger partial charge in [0.25, 0.3) is 0 Å². The highest BCUT2D eigenvalue weighted by molar-refractivity contribution is 6.16. The molecule has 10 aromatic rings. The minimum atomic E-state index is 1.23. The Bertz CT molecular complexity index is 2890. The van der Waals surface area contributed by atoms with E-state index in [-0.39, 0.29) is 0 Å². The minimum Gasteiger partial charge on any atom is -0.0616 e. The number of rotatable bonds is 3. The lowest BCUT2D eigenvalue weighted by atomic mass is 9.87. The first-order valence-electron chi connectivity index (χ1n) is 16.7. The van der Waals surface area contributed by atoms with Crippen LogP contribution in [0.15, 0.2) is 182 Å². The third kappa shape index (κ3) is 4.31. The van der Waals surface area contributed by atoms with Gasteiger partial charge in [0, 0.05) is 0 Å². The molecule has 48 heavy (non-hydrogen) atoms. The van der Waals surface area contributed by atoms with Crippen LogP contribution in [0.5, 0.6) is 0 Å². The van der Waals surface area contributed by atoms with Gasteiger partial charge in [0.05, 0.1) is 0 Å². The van der Waals surface area contributed by atoms with E-state index in [9.17, 15) is 0 Å². The summed E-state index contributed by atoms with van der Waals surface area (Å²) in [6.07, 6.45) is 0. The second-order valence-corrected chi connectivity index (χ2v) is 12.9. The van der Waals surface area contributed by atoms with Crippen LogP contribution in [0.2, 0.25) is 0 Å². The molecule has 0 heterocycles. The van der Waals surface area contributed by atoms with Crippen LogP contribution in [-0.4, -0.2) is 0 Å². The lowest BCUT2D eigenvalue weighted by Gasteiger charge is -2.16. The zero-order chi connectivity index (χ0) is 31.6. The van der Waals surface area contributed by atoms with Gasteiger partial charge in [-0.2, -0.15) is 0 Å². The zero-order valence-corrected chi connectivity index (χ0v) is 26.3. The van der Waals surface area contributed by atoms with E-state index in [0.29, 0.717) is 0 Å². The van der Waals surface area contributed by atoms with Crippen molar-refractivity contribution in [2.24, 2.45) is 0 Å². The Hall–Kier alpha value is -6.24. The first-order chi connectivity index (χ1) is 23.8. The highest BCUT2D eigenvalue weighted by Crippen LogP contribution is 2.42. The zero-order valence-electron chi connectivity index (χ0n) is 26.3. The van der Waals surface area contributed by atoms with Gasteiger partial charge in [0.1, 0.15) is 0 Å². The Morgan fingerprint density at radius 2 is 0.729 bits per heavy atom. The normalized spacial score (nSPS) is 11.8. The second-order valence-electron chi connectivity index (χ2n) is 12.9. The van der Waals surface area contributed by atoms with Gasteiger partial charge in [-0.3, -0.25) is 0 Å². The largest absolute Gasteiger partial charge is 0.0616 e. The van der Waals surface area contributed by atoms with Crippen molar-refractivity contribution in [3.63, 3.8) is 0 Å². The summed E-state index contributed by atoms with van der Waals surface area (Å²) in [7, 11) is 0. The molecule has 0 fully saturated rings. The SMILES string of the molecule is c1ccc2cc(-c3ccc4c(-c5ccc6c(ccc7ccccc76)c5)c5cc(-c6cccc7ccccc67)ccc5cc4c3)ccc2c1. The first-order valence-corrected chi connectivity index (χ1v) is 16.7. The van der Waals surface area contributed by atoms with E-state index >= 15 is 0 Å². The van der Waals surface area contributed by atoms with Gasteiger partial charge in [0.2, 0.25) is 0 Å². The standard InChI is InChI=1S/C48H30/c1-2-11-34-26-35(18-16-31(34)8-1)36-22-25-46-41(27-36)29-38-20-21-39(44-15-7-12-32-9-3-5-13-42(32)44)30-47(38)48(46)40-23-24-45-37(28-40)19-17-33-10-4-6-14-43(33)45/h1-30H. The van der Waals surface area contributed by atoms with Crippen molar-refractivity contribution in [2.75, 3.05) is 0 Å². The number of fused-ring (bicyclic) bond motifs is 7. The van der Waals surface area contributed by atoms with Crippen LogP contribution in [-0.2, 0) is 0 Å². The van der Waals surface area contributed by atoms with E-state index in [1.54, 1.807) is 0 Å². The molecule has 0 saturated carbocycles. The summed E-state index contributed by atoms with van der Waals surface area (Å²) in [6, 6.07) is 67.3. The number of benzene rings is 10. The summed E-state index contributed by atoms with van der Waals surface area (Å²) in [5.74, 6) is 0. The molecule has 0 aliphatic rings. The van der Waals surface area contributed by atoms with Crippen LogP contribution < -0.4 is 0 Å². The van der Waals surface area contributed by atoms with Crippen LogP contribution >= 0.6 is 0 Å². The summed E-state index contributed by atoms with van der Waals surface area (Å²) in [6.45, 7) is 0. The maximum atomic E-state index is 2.41. The molecule has 0 heteroatoms. The molecule has 0 spiro atoms. The molecule has 0 saturated heterocycles. The van der Waals surface area contributed by atoms with E-state index in [1.165, 1.54) is 98.0 Å². The molecule has 0 N–H and O–H groups in total. The fourth-order valence-electron chi connectivity index (χ4n) is 7.79. The first kappa shape index (κ1) is 26.9. The van der Waals surface area contributed by atoms with Gasteiger partial charge in [0.15, 0.2) is 0 Å². The highest BCUT2D eigenvalue weighted by atomic mass is 14.2. The van der Waals surface area contributed by atoms with Gasteiger partial charge in [-0.15, -0.1) is 0 Å². The van der Waals surface area contributed by atoms with Crippen LogP contribution in [0.3, 0.4) is 0 Å². The molecular weight excluding hydrogens is 577 g/mol. The highest BCUT2D eigenvalue weighted by Gasteiger charge is 2.15. The van der Waals surface area contributed by atoms with Crippen LogP contribution in [0.4, 0.5) is 0 Å². The second kappa shape index (κ2) is 10.7. The Morgan fingerprint density at radius 1 is 0.208 bits per heavy atom. The fourth-order valence-corrected chi connectivity index (χ4v) is 7.79. The molecule has 0 radical (unpaired) electrons. The van der Waals surface area contributed by atoms with E-state index < -0.39 is 0 Å². The van der Waals surface area contributed by atoms with E-state index in [0.717, 1.165) is 0 Å². The topological polar surface area (TPSA) is 0 Å². The van der Waals surface area contributed by atoms with Crippen molar-refractivity contribution >= 4 is 64.6 Å². The maximum absolute atomic E-state index is 2.41. The maximum Gasteiger partial charge on any atom is -0.00264 e. The molecule has 0 nitrogen and oxygen atoms in total. The molecule has 0 amide bonds. The third-order valence-electron chi connectivity index (χ3n) is 10.2. The van der Waals surface area contributed by atoms with E-state index in [4.69, 9.17) is 0 Å². The molecule has 0 aliphatic heterocycles. The molecule has 0 bridgehead atoms. The quantitative estimate of drug-likeness (QED) is 0.139. The Kier molecular flexibility index (Phi) is 5.98. The van der Waals surface area contributed by atoms with Crippen molar-refractivity contribution < 1.29 is 0 Å². The summed E-state index contributed by atoms with van der Waals surface area (Å²) in [5.41, 5.74) is 7.49. The van der Waals surface area contributed by atoms with Gasteiger partial charge in [-0.1, -0.05) is 152 Å². The average molecular weight is 607 g/mol. The molecule has 0 atom stereocenters. The molecule has 10 aromatic carbocycles. The summed E-state index contributed by atoms with van der Waals surface area (Å²) < 4.78 is 0. The monoisotopic (exact) mass is 606 g/mol. The minimum absolute atomic E-state index is 1.23. The lowest BCUT2D eigenvalue weighted by Crippen LogP contribution is -1.89. The Balaban J connectivity index is 1.24. The molecule has 222 valence electrons. The smallest absolute Gasteiger partial charge is 0.00264 e. The number of hydrogen-bond donors (Lipinski definition) is 0. The van der Waals surface area contributed by atoms with Gasteiger partial charge < -0.3 is 0 Å². The lowest BCUT2D eigenvalue weighted by molar-refractivity contribution is 1.66. The number of hydrogen-bond acceptors (Lipinski definition) is 0. The van der Waals surface area contributed by atoms with Gasteiger partial charge >= 0.3 is 0 Å². The van der Waals surface area contributed by atoms with Crippen LogP contribution in [0.25, 0.3) is 98.0 Å². The molecule has 0 aromatic heterocycles. The fraction of sp³-hybridized carbons (Fsp3) is 0. The van der Waals surface area contributed by atoms with Crippen LogP contribution in [0.1, 0.15) is 0 Å². The van der Waals surface area contributed by atoms with Crippen molar-refractivity contribution in [1.82, 2.24) is 0 Å². The van der Waals surface area contributed by atoms with Gasteiger partial charge in [-0.25, -0.2) is 0 Å². The van der Waals surface area contributed by atoms with Crippen molar-refractivity contribution in [3.05, 3.63) is 182 Å². The molecule has 0 unspecified atom stereocenters. The Morgan fingerprint density at radius 3 is 1.60 bits per heavy atom. The van der Waals surface area contributed by atoms with Crippen molar-refractivity contribution in [2.45, 2.75) is 0 Å². The Labute approximate surface area is 279 Å². The third-order valence-corrected chi connectivity index (χ3v) is 10.2. The van der Waals surface area contributed by atoms with E-state index in [1.807, 2.05) is 0 Å².